The third-order valence-electron chi connectivity index (χ3n) is 4.90. The monoisotopic (exact) mass is 288 g/mol. The van der Waals surface area contributed by atoms with Gasteiger partial charge < -0.3 is 5.32 Å². The van der Waals surface area contributed by atoms with E-state index in [1.165, 1.54) is 43.5 Å². The summed E-state index contributed by atoms with van der Waals surface area (Å²) in [4.78, 5) is 2.63. The fourth-order valence-corrected chi connectivity index (χ4v) is 3.27. The van der Waals surface area contributed by atoms with E-state index in [0.717, 1.165) is 13.1 Å². The van der Waals surface area contributed by atoms with Crippen LogP contribution in [0.15, 0.2) is 24.3 Å². The zero-order chi connectivity index (χ0) is 15.3. The Kier molecular flexibility index (Phi) is 5.83. The van der Waals surface area contributed by atoms with Crippen LogP contribution in [0, 0.1) is 5.41 Å². The number of likely N-dealkylation sites (N-methyl/N-ethyl adjacent to an activating group) is 1. The minimum atomic E-state index is 0.529. The van der Waals surface area contributed by atoms with Crippen LogP contribution in [0.2, 0.25) is 0 Å². The summed E-state index contributed by atoms with van der Waals surface area (Å²) >= 11 is 0. The van der Waals surface area contributed by atoms with Gasteiger partial charge in [-0.2, -0.15) is 0 Å². The number of likely N-dealkylation sites (tertiary alicyclic amines) is 1. The molecule has 1 N–H and O–H groups in total. The van der Waals surface area contributed by atoms with Crippen LogP contribution in [0.1, 0.15) is 57.1 Å². The molecule has 1 atom stereocenters. The van der Waals surface area contributed by atoms with E-state index in [4.69, 9.17) is 0 Å². The van der Waals surface area contributed by atoms with Crippen molar-refractivity contribution in [3.63, 3.8) is 0 Å². The van der Waals surface area contributed by atoms with E-state index in [9.17, 15) is 0 Å². The Balaban J connectivity index is 1.91. The van der Waals surface area contributed by atoms with Crippen molar-refractivity contribution < 1.29 is 0 Å². The zero-order valence-corrected chi connectivity index (χ0v) is 14.3. The summed E-state index contributed by atoms with van der Waals surface area (Å²) in [5.74, 6) is 0.586. The Morgan fingerprint density at radius 3 is 2.52 bits per heavy atom. The van der Waals surface area contributed by atoms with E-state index < -0.39 is 0 Å². The van der Waals surface area contributed by atoms with Gasteiger partial charge >= 0.3 is 0 Å². The minimum Gasteiger partial charge on any atom is -0.319 e. The third-order valence-corrected chi connectivity index (χ3v) is 4.90. The fraction of sp³-hybridized carbons (Fsp3) is 0.684. The Bertz CT molecular complexity index is 422. The van der Waals surface area contributed by atoms with E-state index in [2.05, 4.69) is 55.3 Å². The SMILES string of the molecule is CNCC(C)c1ccc(CN2CCCC(C)(C)CC2)cc1. The second-order valence-electron chi connectivity index (χ2n) is 7.49. The minimum absolute atomic E-state index is 0.529. The smallest absolute Gasteiger partial charge is 0.0233 e. The number of nitrogens with zero attached hydrogens (tertiary/aromatic N) is 1. The molecule has 0 bridgehead atoms. The fourth-order valence-electron chi connectivity index (χ4n) is 3.27. The van der Waals surface area contributed by atoms with Crippen molar-refractivity contribution in [2.24, 2.45) is 5.41 Å². The number of benzene rings is 1. The highest BCUT2D eigenvalue weighted by atomic mass is 15.1. The summed E-state index contributed by atoms with van der Waals surface area (Å²) in [7, 11) is 2.02. The van der Waals surface area contributed by atoms with Gasteiger partial charge in [0.2, 0.25) is 0 Å². The summed E-state index contributed by atoms with van der Waals surface area (Å²) in [6.45, 7) is 11.7. The lowest BCUT2D eigenvalue weighted by molar-refractivity contribution is 0.256. The number of hydrogen-bond donors (Lipinski definition) is 1. The molecule has 0 saturated carbocycles. The van der Waals surface area contributed by atoms with Crippen LogP contribution in [0.5, 0.6) is 0 Å². The molecule has 2 heteroatoms. The molecule has 1 saturated heterocycles. The maximum absolute atomic E-state index is 3.25. The summed E-state index contributed by atoms with van der Waals surface area (Å²) in [6, 6.07) is 9.24. The third kappa shape index (κ3) is 5.12. The average molecular weight is 288 g/mol. The van der Waals surface area contributed by atoms with Crippen molar-refractivity contribution in [1.29, 1.82) is 0 Å². The highest BCUT2D eigenvalue weighted by Crippen LogP contribution is 2.30. The van der Waals surface area contributed by atoms with Crippen molar-refractivity contribution in [3.05, 3.63) is 35.4 Å². The molecule has 1 heterocycles. The van der Waals surface area contributed by atoms with Crippen molar-refractivity contribution in [2.75, 3.05) is 26.7 Å². The topological polar surface area (TPSA) is 15.3 Å². The zero-order valence-electron chi connectivity index (χ0n) is 14.3. The molecular weight excluding hydrogens is 256 g/mol. The number of rotatable bonds is 5. The van der Waals surface area contributed by atoms with Gasteiger partial charge in [-0.05, 0) is 61.9 Å². The molecule has 2 rings (SSSR count). The highest BCUT2D eigenvalue weighted by Gasteiger charge is 2.22. The lowest BCUT2D eigenvalue weighted by Crippen LogP contribution is -2.25. The van der Waals surface area contributed by atoms with Gasteiger partial charge in [-0.3, -0.25) is 4.90 Å². The van der Waals surface area contributed by atoms with Crippen LogP contribution in [-0.2, 0) is 6.54 Å². The van der Waals surface area contributed by atoms with Crippen LogP contribution < -0.4 is 5.32 Å². The summed E-state index contributed by atoms with van der Waals surface area (Å²) < 4.78 is 0. The molecule has 0 radical (unpaired) electrons. The molecule has 0 aromatic heterocycles. The van der Waals surface area contributed by atoms with Crippen molar-refractivity contribution in [1.82, 2.24) is 10.2 Å². The lowest BCUT2D eigenvalue weighted by atomic mass is 9.85. The van der Waals surface area contributed by atoms with Gasteiger partial charge in [0.05, 0.1) is 0 Å². The maximum atomic E-state index is 3.25. The molecular formula is C19H32N2. The van der Waals surface area contributed by atoms with Crippen LogP contribution in [0.3, 0.4) is 0 Å². The van der Waals surface area contributed by atoms with E-state index in [-0.39, 0.29) is 0 Å². The van der Waals surface area contributed by atoms with Crippen molar-refractivity contribution in [3.8, 4) is 0 Å². The first-order valence-corrected chi connectivity index (χ1v) is 8.46. The number of hydrogen-bond acceptors (Lipinski definition) is 2. The van der Waals surface area contributed by atoms with Gasteiger partial charge in [-0.15, -0.1) is 0 Å². The predicted molar refractivity (Wildman–Crippen MR) is 91.7 cm³/mol. The van der Waals surface area contributed by atoms with Crippen LogP contribution in [0.25, 0.3) is 0 Å². The van der Waals surface area contributed by atoms with E-state index in [0.29, 0.717) is 11.3 Å². The van der Waals surface area contributed by atoms with Crippen molar-refractivity contribution >= 4 is 0 Å². The quantitative estimate of drug-likeness (QED) is 0.880. The normalized spacial score (nSPS) is 21.0. The van der Waals surface area contributed by atoms with Gasteiger partial charge in [0.15, 0.2) is 0 Å². The Morgan fingerprint density at radius 1 is 1.14 bits per heavy atom. The summed E-state index contributed by atoms with van der Waals surface area (Å²) in [6.07, 6.45) is 4.03. The first-order valence-electron chi connectivity index (χ1n) is 8.46. The first kappa shape index (κ1) is 16.5. The predicted octanol–water partition coefficient (Wildman–Crippen LogP) is 4.02. The van der Waals surface area contributed by atoms with E-state index in [1.54, 1.807) is 0 Å². The lowest BCUT2D eigenvalue weighted by Gasteiger charge is -2.23. The molecule has 1 aromatic carbocycles. The summed E-state index contributed by atoms with van der Waals surface area (Å²) in [5.41, 5.74) is 3.42. The van der Waals surface area contributed by atoms with Crippen LogP contribution in [-0.4, -0.2) is 31.6 Å². The second kappa shape index (κ2) is 7.42. The van der Waals surface area contributed by atoms with E-state index in [1.807, 2.05) is 7.05 Å². The van der Waals surface area contributed by atoms with Gasteiger partial charge in [0.1, 0.15) is 0 Å². The van der Waals surface area contributed by atoms with Gasteiger partial charge in [0, 0.05) is 13.1 Å². The molecule has 0 amide bonds. The first-order chi connectivity index (χ1) is 10.00. The van der Waals surface area contributed by atoms with Crippen LogP contribution in [0.4, 0.5) is 0 Å². The molecule has 1 unspecified atom stereocenters. The molecule has 21 heavy (non-hydrogen) atoms. The van der Waals surface area contributed by atoms with Crippen LogP contribution >= 0.6 is 0 Å². The number of nitrogens with one attached hydrogen (secondary N) is 1. The molecule has 1 aliphatic rings. The standard InChI is InChI=1S/C19H32N2/c1-16(14-20-4)18-8-6-17(7-9-18)15-21-12-5-10-19(2,3)11-13-21/h6-9,16,20H,5,10-15H2,1-4H3. The molecule has 0 aliphatic carbocycles. The molecule has 1 aliphatic heterocycles. The highest BCUT2D eigenvalue weighted by molar-refractivity contribution is 5.25. The second-order valence-corrected chi connectivity index (χ2v) is 7.49. The van der Waals surface area contributed by atoms with Gasteiger partial charge in [-0.25, -0.2) is 0 Å². The molecule has 0 spiro atoms. The Labute approximate surface area is 130 Å². The molecule has 2 nitrogen and oxygen atoms in total. The molecule has 1 aromatic rings. The Morgan fingerprint density at radius 2 is 1.86 bits per heavy atom. The molecule has 118 valence electrons. The van der Waals surface area contributed by atoms with Gasteiger partial charge in [-0.1, -0.05) is 45.0 Å². The Hall–Kier alpha value is -0.860. The largest absolute Gasteiger partial charge is 0.319 e. The average Bonchev–Trinajstić information content (AvgIpc) is 2.61. The van der Waals surface area contributed by atoms with Crippen molar-refractivity contribution in [2.45, 2.75) is 52.5 Å². The van der Waals surface area contributed by atoms with Gasteiger partial charge in [0.25, 0.3) is 0 Å². The summed E-state index contributed by atoms with van der Waals surface area (Å²) in [5, 5.41) is 3.25. The molecule has 1 fully saturated rings. The van der Waals surface area contributed by atoms with E-state index >= 15 is 0 Å². The maximum Gasteiger partial charge on any atom is 0.0233 e.